The molecule has 0 amide bonds. The summed E-state index contributed by atoms with van der Waals surface area (Å²) >= 11 is 3.19. The summed E-state index contributed by atoms with van der Waals surface area (Å²) in [7, 11) is 0. The number of fused-ring (bicyclic) bond motifs is 1. The second kappa shape index (κ2) is 5.03. The van der Waals surface area contributed by atoms with E-state index in [1.165, 1.54) is 0 Å². The first-order valence-electron chi connectivity index (χ1n) is 5.59. The zero-order valence-electron chi connectivity index (χ0n) is 9.74. The Labute approximate surface area is 117 Å². The van der Waals surface area contributed by atoms with Gasteiger partial charge in [0, 0.05) is 4.90 Å². The highest BCUT2D eigenvalue weighted by molar-refractivity contribution is 8.01. The van der Waals surface area contributed by atoms with Gasteiger partial charge in [0.05, 0.1) is 15.8 Å². The molecule has 0 bridgehead atoms. The van der Waals surface area contributed by atoms with Gasteiger partial charge in [0.2, 0.25) is 0 Å². The van der Waals surface area contributed by atoms with E-state index in [4.69, 9.17) is 5.11 Å². The molecule has 0 radical (unpaired) electrons. The Morgan fingerprint density at radius 1 is 1.11 bits per heavy atom. The van der Waals surface area contributed by atoms with Crippen LogP contribution < -0.4 is 0 Å². The molecule has 19 heavy (non-hydrogen) atoms. The van der Waals surface area contributed by atoms with E-state index in [-0.39, 0.29) is 0 Å². The van der Waals surface area contributed by atoms with Crippen LogP contribution in [0.1, 0.15) is 10.4 Å². The molecule has 3 aromatic rings. The molecule has 0 fully saturated rings. The minimum absolute atomic E-state index is 0.300. The molecule has 3 nitrogen and oxygen atoms in total. The van der Waals surface area contributed by atoms with Crippen LogP contribution in [0.2, 0.25) is 0 Å². The quantitative estimate of drug-likeness (QED) is 0.786. The summed E-state index contributed by atoms with van der Waals surface area (Å²) in [5.74, 6) is -0.906. The van der Waals surface area contributed by atoms with Crippen molar-refractivity contribution in [2.45, 2.75) is 9.24 Å². The van der Waals surface area contributed by atoms with Crippen molar-refractivity contribution in [3.05, 3.63) is 54.1 Å². The maximum atomic E-state index is 10.8. The van der Waals surface area contributed by atoms with Gasteiger partial charge in [-0.2, -0.15) is 0 Å². The highest BCUT2D eigenvalue weighted by Crippen LogP contribution is 2.34. The van der Waals surface area contributed by atoms with Crippen LogP contribution in [0.25, 0.3) is 10.2 Å². The Morgan fingerprint density at radius 2 is 1.84 bits per heavy atom. The third kappa shape index (κ3) is 2.62. The van der Waals surface area contributed by atoms with Crippen molar-refractivity contribution in [2.24, 2.45) is 0 Å². The van der Waals surface area contributed by atoms with Gasteiger partial charge in [0.1, 0.15) is 0 Å². The van der Waals surface area contributed by atoms with E-state index >= 15 is 0 Å². The number of carboxylic acids is 1. The molecule has 0 unspecified atom stereocenters. The van der Waals surface area contributed by atoms with Crippen molar-refractivity contribution in [1.82, 2.24) is 4.98 Å². The highest BCUT2D eigenvalue weighted by atomic mass is 32.2. The summed E-state index contributed by atoms with van der Waals surface area (Å²) in [5.41, 5.74) is 1.30. The van der Waals surface area contributed by atoms with Crippen molar-refractivity contribution >= 4 is 39.3 Å². The summed E-state index contributed by atoms with van der Waals surface area (Å²) in [6, 6.07) is 14.8. The van der Waals surface area contributed by atoms with E-state index in [0.29, 0.717) is 5.56 Å². The normalized spacial score (nSPS) is 10.7. The standard InChI is InChI=1S/C14H9NO2S2/c16-13(17)9-5-7-10(8-6-9)18-14-15-11-3-1-2-4-12(11)19-14/h1-8H,(H,16,17). The third-order valence-electron chi connectivity index (χ3n) is 2.58. The average molecular weight is 287 g/mol. The fourth-order valence-electron chi connectivity index (χ4n) is 1.66. The number of nitrogens with zero attached hydrogens (tertiary/aromatic N) is 1. The van der Waals surface area contributed by atoms with Crippen LogP contribution in [0.15, 0.2) is 57.8 Å². The predicted molar refractivity (Wildman–Crippen MR) is 77.1 cm³/mol. The minimum atomic E-state index is -0.906. The maximum Gasteiger partial charge on any atom is 0.335 e. The molecule has 3 rings (SSSR count). The Kier molecular flexibility index (Phi) is 3.23. The van der Waals surface area contributed by atoms with Gasteiger partial charge in [0.15, 0.2) is 4.34 Å². The number of hydrogen-bond donors (Lipinski definition) is 1. The summed E-state index contributed by atoms with van der Waals surface area (Å²) < 4.78 is 2.12. The van der Waals surface area contributed by atoms with Gasteiger partial charge in [-0.05, 0) is 36.4 Å². The van der Waals surface area contributed by atoms with Gasteiger partial charge in [-0.1, -0.05) is 23.9 Å². The number of para-hydroxylation sites is 1. The molecule has 5 heteroatoms. The summed E-state index contributed by atoms with van der Waals surface area (Å²) in [4.78, 5) is 16.3. The number of carbonyl (C=O) groups is 1. The molecule has 1 aromatic heterocycles. The molecule has 0 aliphatic rings. The molecule has 1 N–H and O–H groups in total. The Bertz CT molecular complexity index is 702. The first-order chi connectivity index (χ1) is 9.22. The van der Waals surface area contributed by atoms with Crippen LogP contribution in [-0.4, -0.2) is 16.1 Å². The van der Waals surface area contributed by atoms with Gasteiger partial charge in [-0.25, -0.2) is 9.78 Å². The van der Waals surface area contributed by atoms with E-state index in [9.17, 15) is 4.79 Å². The van der Waals surface area contributed by atoms with E-state index < -0.39 is 5.97 Å². The molecule has 0 saturated heterocycles. The number of thiazole rings is 1. The van der Waals surface area contributed by atoms with Crippen LogP contribution in [0, 0.1) is 0 Å². The van der Waals surface area contributed by atoms with Crippen LogP contribution in [0.4, 0.5) is 0 Å². The molecule has 1 heterocycles. The van der Waals surface area contributed by atoms with Crippen LogP contribution in [0.3, 0.4) is 0 Å². The van der Waals surface area contributed by atoms with E-state index in [2.05, 4.69) is 4.98 Å². The smallest absolute Gasteiger partial charge is 0.335 e. The lowest BCUT2D eigenvalue weighted by Gasteiger charge is -1.98. The number of aromatic nitrogens is 1. The highest BCUT2D eigenvalue weighted by Gasteiger charge is 2.06. The van der Waals surface area contributed by atoms with Crippen molar-refractivity contribution in [1.29, 1.82) is 0 Å². The van der Waals surface area contributed by atoms with Crippen LogP contribution in [0.5, 0.6) is 0 Å². The van der Waals surface area contributed by atoms with E-state index in [1.54, 1.807) is 47.4 Å². The molecular weight excluding hydrogens is 278 g/mol. The lowest BCUT2D eigenvalue weighted by molar-refractivity contribution is 0.0697. The minimum Gasteiger partial charge on any atom is -0.478 e. The Balaban J connectivity index is 1.86. The third-order valence-corrected chi connectivity index (χ3v) is 4.69. The monoisotopic (exact) mass is 287 g/mol. The number of carboxylic acid groups (broad SMARTS) is 1. The fraction of sp³-hybridized carbons (Fsp3) is 0. The van der Waals surface area contributed by atoms with Gasteiger partial charge >= 0.3 is 5.97 Å². The molecule has 2 aromatic carbocycles. The molecule has 0 spiro atoms. The molecule has 0 atom stereocenters. The number of benzene rings is 2. The average Bonchev–Trinajstić information content (AvgIpc) is 2.81. The van der Waals surface area contributed by atoms with Gasteiger partial charge < -0.3 is 5.11 Å². The zero-order chi connectivity index (χ0) is 13.2. The maximum absolute atomic E-state index is 10.8. The largest absolute Gasteiger partial charge is 0.478 e. The van der Waals surface area contributed by atoms with Crippen molar-refractivity contribution < 1.29 is 9.90 Å². The number of rotatable bonds is 3. The van der Waals surface area contributed by atoms with E-state index in [1.807, 2.05) is 24.3 Å². The van der Waals surface area contributed by atoms with Crippen LogP contribution >= 0.6 is 23.1 Å². The first kappa shape index (κ1) is 12.2. The van der Waals surface area contributed by atoms with Gasteiger partial charge in [-0.15, -0.1) is 11.3 Å². The predicted octanol–water partition coefficient (Wildman–Crippen LogP) is 4.15. The second-order valence-electron chi connectivity index (χ2n) is 3.88. The van der Waals surface area contributed by atoms with Gasteiger partial charge in [-0.3, -0.25) is 0 Å². The first-order valence-corrected chi connectivity index (χ1v) is 7.22. The van der Waals surface area contributed by atoms with E-state index in [0.717, 1.165) is 19.5 Å². The van der Waals surface area contributed by atoms with Crippen molar-refractivity contribution in [2.75, 3.05) is 0 Å². The van der Waals surface area contributed by atoms with Crippen molar-refractivity contribution in [3.8, 4) is 0 Å². The molecule has 0 saturated carbocycles. The Morgan fingerprint density at radius 3 is 2.53 bits per heavy atom. The molecule has 0 aliphatic carbocycles. The van der Waals surface area contributed by atoms with Crippen molar-refractivity contribution in [3.63, 3.8) is 0 Å². The molecule has 0 aliphatic heterocycles. The summed E-state index contributed by atoms with van der Waals surface area (Å²) in [6.07, 6.45) is 0. The summed E-state index contributed by atoms with van der Waals surface area (Å²) in [6.45, 7) is 0. The summed E-state index contributed by atoms with van der Waals surface area (Å²) in [5, 5.41) is 8.84. The molecule has 94 valence electrons. The topological polar surface area (TPSA) is 50.2 Å². The van der Waals surface area contributed by atoms with Crippen LogP contribution in [-0.2, 0) is 0 Å². The number of hydrogen-bond acceptors (Lipinski definition) is 4. The van der Waals surface area contributed by atoms with Gasteiger partial charge in [0.25, 0.3) is 0 Å². The number of aromatic carboxylic acids is 1. The second-order valence-corrected chi connectivity index (χ2v) is 6.23. The fourth-order valence-corrected chi connectivity index (χ4v) is 3.70. The zero-order valence-corrected chi connectivity index (χ0v) is 11.4. The lowest BCUT2D eigenvalue weighted by Crippen LogP contribution is -1.94. The lowest BCUT2D eigenvalue weighted by atomic mass is 10.2. The Hall–Kier alpha value is -1.85. The molecular formula is C14H9NO2S2. The SMILES string of the molecule is O=C(O)c1ccc(Sc2nc3ccccc3s2)cc1.